The van der Waals surface area contributed by atoms with Crippen molar-refractivity contribution in [1.29, 1.82) is 0 Å². The molecule has 4 saturated carbocycles. The number of imidazole rings is 2. The van der Waals surface area contributed by atoms with Crippen LogP contribution < -0.4 is 11.5 Å². The zero-order chi connectivity index (χ0) is 44.6. The predicted molar refractivity (Wildman–Crippen MR) is 232 cm³/mol. The standard InChI is InChI=1S/C48H54N8O8/c1-23-24(2)34(36-22-52-44(54-36)40-20-30-18-38(30)56(40)46(60)42(64-48(50)62)28-9-13-32(58)14-10-28)16-15-33(23)25-3-5-26(6-4-25)35-21-51-43(53-35)39-19-29-17-37(29)55(39)45(59)41(63-47(49)61)27-7-11-31(57)12-8-27/h3-6,15-16,21-22,27-30,37-42H,7-14,17-20H2,1-2H3,(H2,49,61)(H2,50,62)(H,51,53)(H,52,54)/t29-,30-,37?,38?,39+,40+,41-,42-/m1/s1. The second kappa shape index (κ2) is 16.3. The van der Waals surface area contributed by atoms with E-state index < -0.39 is 24.4 Å². The molecule has 0 bridgehead atoms. The first-order chi connectivity index (χ1) is 30.8. The van der Waals surface area contributed by atoms with E-state index in [-0.39, 0.29) is 59.4 Å². The number of nitrogens with two attached hydrogens (primary N) is 2. The number of aromatic nitrogens is 4. The van der Waals surface area contributed by atoms with E-state index in [4.69, 9.17) is 30.9 Å². The molecule has 2 aromatic heterocycles. The molecule has 4 aromatic rings. The summed E-state index contributed by atoms with van der Waals surface area (Å²) < 4.78 is 10.9. The molecule has 0 radical (unpaired) electrons. The Bertz CT molecular complexity index is 2530. The van der Waals surface area contributed by atoms with Crippen molar-refractivity contribution >= 4 is 35.6 Å². The molecule has 10 rings (SSSR count). The average molecular weight is 871 g/mol. The molecule has 16 heteroatoms. The number of primary amides is 2. The molecule has 4 amide bonds. The topological polar surface area (TPSA) is 237 Å². The molecule has 4 aliphatic carbocycles. The summed E-state index contributed by atoms with van der Waals surface area (Å²) in [5, 5.41) is 0. The van der Waals surface area contributed by atoms with Crippen LogP contribution in [0, 0.1) is 37.5 Å². The molecular weight excluding hydrogens is 817 g/mol. The van der Waals surface area contributed by atoms with E-state index in [1.807, 2.05) is 16.0 Å². The first-order valence-corrected chi connectivity index (χ1v) is 22.7. The zero-order valence-electron chi connectivity index (χ0n) is 36.1. The van der Waals surface area contributed by atoms with Crippen LogP contribution in [0.5, 0.6) is 0 Å². The molecule has 2 aromatic carbocycles. The summed E-state index contributed by atoms with van der Waals surface area (Å²) in [6, 6.07) is 12.0. The van der Waals surface area contributed by atoms with Gasteiger partial charge in [-0.15, -0.1) is 0 Å². The Hall–Kier alpha value is -6.32. The van der Waals surface area contributed by atoms with Gasteiger partial charge in [-0.1, -0.05) is 36.4 Å². The Morgan fingerprint density at radius 1 is 0.609 bits per heavy atom. The number of carbonyl (C=O) groups is 6. The minimum absolute atomic E-state index is 0.0599. The van der Waals surface area contributed by atoms with Gasteiger partial charge in [-0.05, 0) is 105 Å². The molecule has 4 heterocycles. The number of hydrogen-bond donors (Lipinski definition) is 4. The fourth-order valence-corrected chi connectivity index (χ4v) is 11.4. The minimum atomic E-state index is -1.02. The van der Waals surface area contributed by atoms with Gasteiger partial charge in [-0.2, -0.15) is 0 Å². The van der Waals surface area contributed by atoms with Crippen molar-refractivity contribution in [3.8, 4) is 33.6 Å². The number of H-pyrrole nitrogens is 2. The van der Waals surface area contributed by atoms with Crippen LogP contribution >= 0.6 is 0 Å². The van der Waals surface area contributed by atoms with Crippen LogP contribution in [0.25, 0.3) is 33.6 Å². The molecule has 0 spiro atoms. The number of ether oxygens (including phenoxy) is 2. The number of fused-ring (bicyclic) bond motifs is 2. The first kappa shape index (κ1) is 41.7. The second-order valence-corrected chi connectivity index (χ2v) is 18.9. The van der Waals surface area contributed by atoms with Crippen molar-refractivity contribution in [2.24, 2.45) is 35.1 Å². The monoisotopic (exact) mass is 870 g/mol. The highest BCUT2D eigenvalue weighted by Gasteiger charge is 2.58. The lowest BCUT2D eigenvalue weighted by atomic mass is 9.84. The van der Waals surface area contributed by atoms with Crippen LogP contribution in [0.1, 0.15) is 112 Å². The summed E-state index contributed by atoms with van der Waals surface area (Å²) in [5.41, 5.74) is 18.8. The van der Waals surface area contributed by atoms with Crippen molar-refractivity contribution in [1.82, 2.24) is 29.7 Å². The summed E-state index contributed by atoms with van der Waals surface area (Å²) in [6.45, 7) is 4.20. The predicted octanol–water partition coefficient (Wildman–Crippen LogP) is 6.52. The van der Waals surface area contributed by atoms with E-state index in [1.54, 1.807) is 6.20 Å². The summed E-state index contributed by atoms with van der Waals surface area (Å²) in [6.07, 6.45) is 6.32. The van der Waals surface area contributed by atoms with Crippen molar-refractivity contribution in [3.05, 3.63) is 71.6 Å². The third-order valence-corrected chi connectivity index (χ3v) is 15.1. The molecule has 2 unspecified atom stereocenters. The second-order valence-electron chi connectivity index (χ2n) is 18.9. The smallest absolute Gasteiger partial charge is 0.405 e. The largest absolute Gasteiger partial charge is 0.436 e. The van der Waals surface area contributed by atoms with Gasteiger partial charge in [0.05, 0.1) is 35.9 Å². The quantitative estimate of drug-likeness (QED) is 0.127. The van der Waals surface area contributed by atoms with Crippen molar-refractivity contribution < 1.29 is 38.2 Å². The average Bonchev–Trinajstić information content (AvgIpc) is 3.87. The van der Waals surface area contributed by atoms with Crippen molar-refractivity contribution in [3.63, 3.8) is 0 Å². The van der Waals surface area contributed by atoms with Gasteiger partial charge in [0, 0.05) is 55.2 Å². The third kappa shape index (κ3) is 7.74. The summed E-state index contributed by atoms with van der Waals surface area (Å²) in [4.78, 5) is 96.3. The lowest BCUT2D eigenvalue weighted by Crippen LogP contribution is -2.47. The lowest BCUT2D eigenvalue weighted by Gasteiger charge is -2.34. The van der Waals surface area contributed by atoms with Crippen LogP contribution in [0.3, 0.4) is 0 Å². The first-order valence-electron chi connectivity index (χ1n) is 22.7. The Morgan fingerprint density at radius 3 is 1.52 bits per heavy atom. The van der Waals surface area contributed by atoms with Crippen molar-refractivity contribution in [2.75, 3.05) is 0 Å². The molecular formula is C48H54N8O8. The van der Waals surface area contributed by atoms with Crippen LogP contribution in [0.4, 0.5) is 9.59 Å². The number of Topliss-reactive ketones (excluding diaryl/α,β-unsaturated/α-hetero) is 2. The van der Waals surface area contributed by atoms with E-state index in [9.17, 15) is 28.8 Å². The summed E-state index contributed by atoms with van der Waals surface area (Å²) in [7, 11) is 0. The summed E-state index contributed by atoms with van der Waals surface area (Å²) >= 11 is 0. The number of nitrogens with one attached hydrogen (secondary N) is 2. The number of rotatable bonds is 11. The Morgan fingerprint density at radius 2 is 1.03 bits per heavy atom. The Balaban J connectivity index is 0.832. The molecule has 64 heavy (non-hydrogen) atoms. The number of nitrogens with zero attached hydrogens (tertiary/aromatic N) is 4. The number of amides is 4. The zero-order valence-corrected chi connectivity index (χ0v) is 36.1. The van der Waals surface area contributed by atoms with Gasteiger partial charge in [0.1, 0.15) is 23.2 Å². The maximum absolute atomic E-state index is 14.2. The van der Waals surface area contributed by atoms with Gasteiger partial charge in [0.2, 0.25) is 0 Å². The van der Waals surface area contributed by atoms with E-state index >= 15 is 0 Å². The van der Waals surface area contributed by atoms with Gasteiger partial charge in [0.25, 0.3) is 11.8 Å². The number of hydrogen-bond acceptors (Lipinski definition) is 10. The van der Waals surface area contributed by atoms with Gasteiger partial charge in [-0.3, -0.25) is 19.2 Å². The molecule has 6 fully saturated rings. The number of piperidine rings is 2. The van der Waals surface area contributed by atoms with Crippen LogP contribution in [-0.4, -0.2) is 89.6 Å². The molecule has 2 aliphatic heterocycles. The Labute approximate surface area is 370 Å². The molecule has 8 atom stereocenters. The van der Waals surface area contributed by atoms with E-state index in [1.165, 1.54) is 0 Å². The lowest BCUT2D eigenvalue weighted by molar-refractivity contribution is -0.147. The van der Waals surface area contributed by atoms with Gasteiger partial charge in [0.15, 0.2) is 12.2 Å². The number of likely N-dealkylation sites (tertiary alicyclic amines) is 2. The van der Waals surface area contributed by atoms with Crippen LogP contribution in [-0.2, 0) is 28.7 Å². The van der Waals surface area contributed by atoms with E-state index in [2.05, 4.69) is 60.2 Å². The van der Waals surface area contributed by atoms with Crippen molar-refractivity contribution in [2.45, 2.75) is 127 Å². The number of ketones is 2. The van der Waals surface area contributed by atoms with Gasteiger partial charge in [-0.25, -0.2) is 19.6 Å². The Kier molecular flexibility index (Phi) is 10.6. The normalized spacial score (nSPS) is 26.3. The number of benzene rings is 2. The maximum Gasteiger partial charge on any atom is 0.405 e. The SMILES string of the molecule is Cc1c(-c2ccc(-c3cnc([C@@H]4C[C@H]5CC5N4C(=O)[C@H](OC(N)=O)C4CCC(=O)CC4)[nH]3)cc2)ccc(-c2cnc([C@@H]3C[C@H]4CC4N3C(=O)[C@H](OC(N)=O)C3CCC(=O)CC3)[nH]2)c1C. The van der Waals surface area contributed by atoms with Gasteiger partial charge >= 0.3 is 12.2 Å². The molecule has 2 saturated heterocycles. The fourth-order valence-electron chi connectivity index (χ4n) is 11.4. The maximum atomic E-state index is 14.2. The molecule has 6 N–H and O–H groups in total. The summed E-state index contributed by atoms with van der Waals surface area (Å²) in [5.74, 6) is 1.38. The highest BCUT2D eigenvalue weighted by atomic mass is 16.6. The van der Waals surface area contributed by atoms with Gasteiger partial charge < -0.3 is 40.7 Å². The molecule has 16 nitrogen and oxygen atoms in total. The van der Waals surface area contributed by atoms with E-state index in [0.717, 1.165) is 70.5 Å². The highest BCUT2D eigenvalue weighted by molar-refractivity contribution is 5.87. The number of aromatic amines is 2. The molecule has 334 valence electrons. The minimum Gasteiger partial charge on any atom is -0.436 e. The highest BCUT2D eigenvalue weighted by Crippen LogP contribution is 2.55. The van der Waals surface area contributed by atoms with Crippen LogP contribution in [0.15, 0.2) is 48.8 Å². The van der Waals surface area contributed by atoms with Crippen LogP contribution in [0.2, 0.25) is 0 Å². The molecule has 6 aliphatic rings. The number of carbonyl (C=O) groups excluding carboxylic acids is 6. The fraction of sp³-hybridized carbons (Fsp3) is 0.500. The van der Waals surface area contributed by atoms with E-state index in [0.29, 0.717) is 74.9 Å². The third-order valence-electron chi connectivity index (χ3n) is 15.1.